The molecule has 8 heteroatoms. The van der Waals surface area contributed by atoms with Crippen LogP contribution < -0.4 is 0 Å². The number of rotatable bonds is 2. The van der Waals surface area contributed by atoms with Gasteiger partial charge in [-0.25, -0.2) is 18.4 Å². The third-order valence-electron chi connectivity index (χ3n) is 1.73. The zero-order chi connectivity index (χ0) is 12.6. The van der Waals surface area contributed by atoms with E-state index in [4.69, 9.17) is 15.3 Å². The Morgan fingerprint density at radius 3 is 1.56 bits per heavy atom. The Balaban J connectivity index is 3.83. The molecule has 0 aliphatic rings. The van der Waals surface area contributed by atoms with Gasteiger partial charge in [-0.05, 0) is 0 Å². The summed E-state index contributed by atoms with van der Waals surface area (Å²) < 4.78 is 38.7. The molecule has 0 heterocycles. The second-order valence-electron chi connectivity index (χ2n) is 2.65. The summed E-state index contributed by atoms with van der Waals surface area (Å²) in [6.45, 7) is 0. The first-order chi connectivity index (χ1) is 7.29. The van der Waals surface area contributed by atoms with Crippen LogP contribution in [0.5, 0.6) is 5.75 Å². The van der Waals surface area contributed by atoms with Gasteiger partial charge in [0.05, 0.1) is 0 Å². The Morgan fingerprint density at radius 2 is 1.19 bits per heavy atom. The van der Waals surface area contributed by atoms with E-state index in [0.717, 1.165) is 0 Å². The largest absolute Gasteiger partial charge is 0.503 e. The molecule has 0 unspecified atom stereocenters. The minimum absolute atomic E-state index is 1.64. The fraction of sp³-hybridized carbons (Fsp3) is 0. The lowest BCUT2D eigenvalue weighted by Gasteiger charge is -2.07. The summed E-state index contributed by atoms with van der Waals surface area (Å²) in [6.07, 6.45) is 0. The van der Waals surface area contributed by atoms with E-state index in [1.165, 1.54) is 0 Å². The topological polar surface area (TPSA) is 94.8 Å². The lowest BCUT2D eigenvalue weighted by atomic mass is 10.0. The number of carboxylic acid groups (broad SMARTS) is 2. The van der Waals surface area contributed by atoms with E-state index in [1.807, 2.05) is 0 Å². The first-order valence-electron chi connectivity index (χ1n) is 3.65. The first-order valence-corrected chi connectivity index (χ1v) is 3.65. The average Bonchev–Trinajstić information content (AvgIpc) is 2.18. The predicted octanol–water partition coefficient (Wildman–Crippen LogP) is 1.21. The van der Waals surface area contributed by atoms with Crippen molar-refractivity contribution in [3.8, 4) is 5.75 Å². The Kier molecular flexibility index (Phi) is 2.75. The number of phenols is 1. The van der Waals surface area contributed by atoms with Crippen LogP contribution in [0, 0.1) is 17.5 Å². The van der Waals surface area contributed by atoms with Gasteiger partial charge in [0.1, 0.15) is 11.1 Å². The van der Waals surface area contributed by atoms with E-state index in [1.54, 1.807) is 0 Å². The number of carboxylic acids is 2. The molecule has 0 aliphatic carbocycles. The highest BCUT2D eigenvalue weighted by Crippen LogP contribution is 2.29. The van der Waals surface area contributed by atoms with Gasteiger partial charge in [0.25, 0.3) is 0 Å². The Bertz CT molecular complexity index is 452. The molecule has 3 N–H and O–H groups in total. The fourth-order valence-corrected chi connectivity index (χ4v) is 1.05. The molecular formula is C8H3F3O5. The van der Waals surface area contributed by atoms with Gasteiger partial charge >= 0.3 is 11.9 Å². The van der Waals surface area contributed by atoms with Crippen molar-refractivity contribution in [2.45, 2.75) is 0 Å². The molecule has 0 saturated carbocycles. The lowest BCUT2D eigenvalue weighted by molar-refractivity contribution is 0.0640. The van der Waals surface area contributed by atoms with E-state index in [9.17, 15) is 22.8 Å². The number of halogens is 3. The van der Waals surface area contributed by atoms with Crippen molar-refractivity contribution in [1.29, 1.82) is 0 Å². The minimum atomic E-state index is -2.16. The smallest absolute Gasteiger partial charge is 0.339 e. The predicted molar refractivity (Wildman–Crippen MR) is 41.9 cm³/mol. The number of phenolic OH excluding ortho intramolecular Hbond substituents is 1. The molecule has 16 heavy (non-hydrogen) atoms. The van der Waals surface area contributed by atoms with Crippen LogP contribution in [0.15, 0.2) is 0 Å². The van der Waals surface area contributed by atoms with E-state index < -0.39 is 46.3 Å². The number of aromatic hydroxyl groups is 1. The first kappa shape index (κ1) is 11.8. The van der Waals surface area contributed by atoms with Crippen molar-refractivity contribution in [3.63, 3.8) is 0 Å². The van der Waals surface area contributed by atoms with Crippen LogP contribution in [0.3, 0.4) is 0 Å². The second-order valence-corrected chi connectivity index (χ2v) is 2.65. The van der Waals surface area contributed by atoms with Crippen molar-refractivity contribution in [2.75, 3.05) is 0 Å². The van der Waals surface area contributed by atoms with Gasteiger partial charge in [-0.2, -0.15) is 4.39 Å². The number of carbonyl (C=O) groups is 2. The summed E-state index contributed by atoms with van der Waals surface area (Å²) in [7, 11) is 0. The molecule has 0 amide bonds. The quantitative estimate of drug-likeness (QED) is 0.670. The average molecular weight is 236 g/mol. The Hall–Kier alpha value is -2.25. The molecule has 1 aromatic rings. The molecule has 0 aromatic heterocycles. The second kappa shape index (κ2) is 3.72. The van der Waals surface area contributed by atoms with E-state index in [2.05, 4.69) is 0 Å². The summed E-state index contributed by atoms with van der Waals surface area (Å²) in [6, 6.07) is 0. The zero-order valence-corrected chi connectivity index (χ0v) is 7.29. The van der Waals surface area contributed by atoms with E-state index in [-0.39, 0.29) is 0 Å². The van der Waals surface area contributed by atoms with Crippen LogP contribution in [-0.4, -0.2) is 27.3 Å². The van der Waals surface area contributed by atoms with Crippen LogP contribution in [0.25, 0.3) is 0 Å². The van der Waals surface area contributed by atoms with Crippen molar-refractivity contribution >= 4 is 11.9 Å². The maximum Gasteiger partial charge on any atom is 0.339 e. The monoisotopic (exact) mass is 236 g/mol. The van der Waals surface area contributed by atoms with Gasteiger partial charge in [0.15, 0.2) is 17.4 Å². The van der Waals surface area contributed by atoms with Crippen molar-refractivity contribution in [2.24, 2.45) is 0 Å². The van der Waals surface area contributed by atoms with Gasteiger partial charge in [0, 0.05) is 0 Å². The van der Waals surface area contributed by atoms with Gasteiger partial charge in [-0.15, -0.1) is 0 Å². The van der Waals surface area contributed by atoms with Crippen molar-refractivity contribution in [3.05, 3.63) is 28.6 Å². The molecule has 1 aromatic carbocycles. The highest BCUT2D eigenvalue weighted by Gasteiger charge is 2.32. The van der Waals surface area contributed by atoms with Crippen molar-refractivity contribution in [1.82, 2.24) is 0 Å². The van der Waals surface area contributed by atoms with Crippen molar-refractivity contribution < 1.29 is 38.1 Å². The van der Waals surface area contributed by atoms with Crippen LogP contribution in [-0.2, 0) is 0 Å². The third kappa shape index (κ3) is 1.53. The molecule has 0 fully saturated rings. The molecule has 86 valence electrons. The molecule has 5 nitrogen and oxygen atoms in total. The van der Waals surface area contributed by atoms with Gasteiger partial charge in [0.2, 0.25) is 5.82 Å². The molecule has 1 rings (SSSR count). The minimum Gasteiger partial charge on any atom is -0.503 e. The molecule has 0 aliphatic heterocycles. The highest BCUT2D eigenvalue weighted by molar-refractivity contribution is 6.02. The van der Waals surface area contributed by atoms with Crippen LogP contribution in [0.2, 0.25) is 0 Å². The summed E-state index contributed by atoms with van der Waals surface area (Å²) in [5.74, 6) is -12.5. The van der Waals surface area contributed by atoms with Gasteiger partial charge in [-0.1, -0.05) is 0 Å². The Labute approximate surface area is 85.4 Å². The molecule has 0 spiro atoms. The summed E-state index contributed by atoms with van der Waals surface area (Å²) in [5, 5.41) is 25.5. The molecular weight excluding hydrogens is 233 g/mol. The summed E-state index contributed by atoms with van der Waals surface area (Å²) in [4.78, 5) is 20.9. The fourth-order valence-electron chi connectivity index (χ4n) is 1.05. The Morgan fingerprint density at radius 1 is 0.812 bits per heavy atom. The van der Waals surface area contributed by atoms with Crippen LogP contribution in [0.4, 0.5) is 13.2 Å². The number of benzene rings is 1. The SMILES string of the molecule is O=C(O)c1c(F)c(O)c(F)c(F)c1C(=O)O. The normalized spacial score (nSPS) is 10.2. The van der Waals surface area contributed by atoms with Crippen LogP contribution in [0.1, 0.15) is 20.7 Å². The molecule has 0 bridgehead atoms. The number of hydrogen-bond donors (Lipinski definition) is 3. The third-order valence-corrected chi connectivity index (χ3v) is 1.73. The standard InChI is InChI=1S/C8H3F3O5/c9-3-1(7(13)14)2(8(15)16)4(10)6(12)5(3)11/h12H,(H,13,14)(H,15,16). The number of aromatic carboxylic acids is 2. The molecule has 0 radical (unpaired) electrons. The summed E-state index contributed by atoms with van der Waals surface area (Å²) >= 11 is 0. The maximum atomic E-state index is 13.0. The van der Waals surface area contributed by atoms with E-state index in [0.29, 0.717) is 0 Å². The van der Waals surface area contributed by atoms with Gasteiger partial charge < -0.3 is 15.3 Å². The zero-order valence-electron chi connectivity index (χ0n) is 7.29. The van der Waals surface area contributed by atoms with Crippen LogP contribution >= 0.6 is 0 Å². The molecule has 0 atom stereocenters. The lowest BCUT2D eigenvalue weighted by Crippen LogP contribution is -2.15. The summed E-state index contributed by atoms with van der Waals surface area (Å²) in [5.41, 5.74) is -3.32. The molecule has 0 saturated heterocycles. The van der Waals surface area contributed by atoms with E-state index >= 15 is 0 Å². The number of hydrogen-bond acceptors (Lipinski definition) is 3. The maximum absolute atomic E-state index is 13.0. The van der Waals surface area contributed by atoms with Gasteiger partial charge in [-0.3, -0.25) is 0 Å². The highest BCUT2D eigenvalue weighted by atomic mass is 19.2.